The molecule has 120 valence electrons. The molecule has 0 radical (unpaired) electrons. The lowest BCUT2D eigenvalue weighted by Crippen LogP contribution is -2.17. The molecule has 0 aromatic heterocycles. The minimum atomic E-state index is -0.330. The van der Waals surface area contributed by atoms with Gasteiger partial charge in [0.1, 0.15) is 11.5 Å². The van der Waals surface area contributed by atoms with Crippen LogP contribution in [0.2, 0.25) is 0 Å². The molecule has 1 amide bonds. The second-order valence-corrected chi connectivity index (χ2v) is 4.90. The Labute approximate surface area is 135 Å². The molecule has 0 saturated heterocycles. The van der Waals surface area contributed by atoms with E-state index in [1.165, 1.54) is 19.8 Å². The van der Waals surface area contributed by atoms with Crippen LogP contribution in [0.25, 0.3) is 0 Å². The first-order valence-electron chi connectivity index (χ1n) is 7.31. The summed E-state index contributed by atoms with van der Waals surface area (Å²) in [6, 6.07) is 13.0. The molecule has 2 aromatic rings. The van der Waals surface area contributed by atoms with Gasteiger partial charge in [0.15, 0.2) is 0 Å². The van der Waals surface area contributed by atoms with Crippen LogP contribution in [0.4, 0.5) is 0 Å². The van der Waals surface area contributed by atoms with Crippen LogP contribution < -0.4 is 14.9 Å². The number of methoxy groups -OCH3 is 2. The molecule has 0 aliphatic heterocycles. The summed E-state index contributed by atoms with van der Waals surface area (Å²) < 4.78 is 10.3. The quantitative estimate of drug-likeness (QED) is 0.659. The van der Waals surface area contributed by atoms with Crippen molar-refractivity contribution in [2.75, 3.05) is 14.2 Å². The second-order valence-electron chi connectivity index (χ2n) is 4.90. The maximum atomic E-state index is 12.1. The van der Waals surface area contributed by atoms with E-state index in [1.54, 1.807) is 24.4 Å². The van der Waals surface area contributed by atoms with E-state index in [1.807, 2.05) is 24.3 Å². The van der Waals surface area contributed by atoms with E-state index >= 15 is 0 Å². The maximum absolute atomic E-state index is 12.1. The zero-order valence-corrected chi connectivity index (χ0v) is 13.5. The summed E-state index contributed by atoms with van der Waals surface area (Å²) in [5.74, 6) is 0.769. The highest BCUT2D eigenvalue weighted by Gasteiger charge is 2.08. The van der Waals surface area contributed by atoms with Gasteiger partial charge in [-0.25, -0.2) is 5.43 Å². The number of hydrogen-bond acceptors (Lipinski definition) is 4. The smallest absolute Gasteiger partial charge is 0.271 e. The molecule has 5 nitrogen and oxygen atoms in total. The molecule has 0 spiro atoms. The second kappa shape index (κ2) is 7.98. The average molecular weight is 312 g/mol. The number of amides is 1. The SMILES string of the molecule is CCc1ccc(/C=N/NC(=O)c2cc(OC)cc(OC)c2)cc1. The van der Waals surface area contributed by atoms with Crippen LogP contribution in [0.5, 0.6) is 11.5 Å². The minimum absolute atomic E-state index is 0.330. The van der Waals surface area contributed by atoms with Gasteiger partial charge in [0, 0.05) is 11.6 Å². The number of ether oxygens (including phenoxy) is 2. The highest BCUT2D eigenvalue weighted by molar-refractivity contribution is 5.95. The normalized spacial score (nSPS) is 10.6. The molecule has 0 atom stereocenters. The van der Waals surface area contributed by atoms with Gasteiger partial charge in [-0.15, -0.1) is 0 Å². The lowest BCUT2D eigenvalue weighted by Gasteiger charge is -2.07. The standard InChI is InChI=1S/C18H20N2O3/c1-4-13-5-7-14(8-6-13)12-19-20-18(21)15-9-16(22-2)11-17(10-15)23-3/h5-12H,4H2,1-3H3,(H,20,21)/b19-12+. The Hall–Kier alpha value is -2.82. The highest BCUT2D eigenvalue weighted by Crippen LogP contribution is 2.22. The number of nitrogens with one attached hydrogen (secondary N) is 1. The summed E-state index contributed by atoms with van der Waals surface area (Å²) in [6.07, 6.45) is 2.60. The summed E-state index contributed by atoms with van der Waals surface area (Å²) >= 11 is 0. The molecule has 2 aromatic carbocycles. The maximum Gasteiger partial charge on any atom is 0.271 e. The van der Waals surface area contributed by atoms with Crippen LogP contribution in [0, 0.1) is 0 Å². The predicted molar refractivity (Wildman–Crippen MR) is 90.4 cm³/mol. The van der Waals surface area contributed by atoms with E-state index in [-0.39, 0.29) is 5.91 Å². The summed E-state index contributed by atoms with van der Waals surface area (Å²) in [5, 5.41) is 3.98. The molecule has 1 N–H and O–H groups in total. The van der Waals surface area contributed by atoms with Crippen LogP contribution in [-0.4, -0.2) is 26.3 Å². The number of aryl methyl sites for hydroxylation is 1. The Morgan fingerprint density at radius 2 is 1.70 bits per heavy atom. The third-order valence-electron chi connectivity index (χ3n) is 3.38. The van der Waals surface area contributed by atoms with Crippen molar-refractivity contribution in [2.24, 2.45) is 5.10 Å². The van der Waals surface area contributed by atoms with Crippen LogP contribution in [0.3, 0.4) is 0 Å². The Morgan fingerprint density at radius 1 is 1.09 bits per heavy atom. The monoisotopic (exact) mass is 312 g/mol. The highest BCUT2D eigenvalue weighted by atomic mass is 16.5. The van der Waals surface area contributed by atoms with Crippen LogP contribution >= 0.6 is 0 Å². The Balaban J connectivity index is 2.05. The van der Waals surface area contributed by atoms with E-state index in [9.17, 15) is 4.79 Å². The van der Waals surface area contributed by atoms with Crippen molar-refractivity contribution in [1.82, 2.24) is 5.43 Å². The van der Waals surface area contributed by atoms with Crippen LogP contribution in [0.1, 0.15) is 28.4 Å². The fourth-order valence-corrected chi connectivity index (χ4v) is 2.01. The fraction of sp³-hybridized carbons (Fsp3) is 0.222. The molecule has 0 aliphatic carbocycles. The number of carbonyl (C=O) groups is 1. The van der Waals surface area contributed by atoms with Gasteiger partial charge < -0.3 is 9.47 Å². The molecule has 0 unspecified atom stereocenters. The molecular weight excluding hydrogens is 292 g/mol. The number of carbonyl (C=O) groups excluding carboxylic acids is 1. The number of nitrogens with zero attached hydrogens (tertiary/aromatic N) is 1. The third-order valence-corrected chi connectivity index (χ3v) is 3.38. The predicted octanol–water partition coefficient (Wildman–Crippen LogP) is 3.03. The first-order chi connectivity index (χ1) is 11.2. The van der Waals surface area contributed by atoms with Gasteiger partial charge in [-0.3, -0.25) is 4.79 Å². The first kappa shape index (κ1) is 16.5. The molecule has 0 heterocycles. The number of hydrazone groups is 1. The summed E-state index contributed by atoms with van der Waals surface area (Å²) in [4.78, 5) is 12.1. The van der Waals surface area contributed by atoms with Crippen LogP contribution in [-0.2, 0) is 6.42 Å². The Morgan fingerprint density at radius 3 is 2.22 bits per heavy atom. The Bertz CT molecular complexity index is 672. The van der Waals surface area contributed by atoms with Crippen molar-refractivity contribution in [3.8, 4) is 11.5 Å². The first-order valence-corrected chi connectivity index (χ1v) is 7.31. The third kappa shape index (κ3) is 4.57. The molecule has 0 aliphatic rings. The fourth-order valence-electron chi connectivity index (χ4n) is 2.01. The van der Waals surface area contributed by atoms with Crippen molar-refractivity contribution in [2.45, 2.75) is 13.3 Å². The van der Waals surface area contributed by atoms with Gasteiger partial charge >= 0.3 is 0 Å². The van der Waals surface area contributed by atoms with E-state index in [4.69, 9.17) is 9.47 Å². The average Bonchev–Trinajstić information content (AvgIpc) is 2.61. The lowest BCUT2D eigenvalue weighted by atomic mass is 10.1. The number of benzene rings is 2. The van der Waals surface area contributed by atoms with Crippen molar-refractivity contribution in [3.63, 3.8) is 0 Å². The van der Waals surface area contributed by atoms with Crippen molar-refractivity contribution < 1.29 is 14.3 Å². The van der Waals surface area contributed by atoms with Crippen LogP contribution in [0.15, 0.2) is 47.6 Å². The zero-order chi connectivity index (χ0) is 16.7. The van der Waals surface area contributed by atoms with E-state index < -0.39 is 0 Å². The van der Waals surface area contributed by atoms with Gasteiger partial charge in [-0.1, -0.05) is 31.2 Å². The summed E-state index contributed by atoms with van der Waals surface area (Å²) in [7, 11) is 3.07. The number of hydrogen-bond donors (Lipinski definition) is 1. The van der Waals surface area contributed by atoms with Gasteiger partial charge in [0.25, 0.3) is 5.91 Å². The topological polar surface area (TPSA) is 59.9 Å². The molecule has 2 rings (SSSR count). The molecule has 0 bridgehead atoms. The van der Waals surface area contributed by atoms with Crippen molar-refractivity contribution in [1.29, 1.82) is 0 Å². The van der Waals surface area contributed by atoms with E-state index in [0.29, 0.717) is 17.1 Å². The van der Waals surface area contributed by atoms with Crippen molar-refractivity contribution in [3.05, 3.63) is 59.2 Å². The lowest BCUT2D eigenvalue weighted by molar-refractivity contribution is 0.0954. The molecular formula is C18H20N2O3. The van der Waals surface area contributed by atoms with E-state index in [2.05, 4.69) is 17.5 Å². The Kier molecular flexibility index (Phi) is 5.74. The van der Waals surface area contributed by atoms with Crippen molar-refractivity contribution >= 4 is 12.1 Å². The summed E-state index contributed by atoms with van der Waals surface area (Å²) in [6.45, 7) is 2.10. The molecule has 5 heteroatoms. The van der Waals surface area contributed by atoms with Gasteiger partial charge in [0.2, 0.25) is 0 Å². The molecule has 23 heavy (non-hydrogen) atoms. The summed E-state index contributed by atoms with van der Waals surface area (Å²) in [5.41, 5.74) is 5.10. The largest absolute Gasteiger partial charge is 0.497 e. The molecule has 0 fully saturated rings. The molecule has 0 saturated carbocycles. The number of rotatable bonds is 6. The van der Waals surface area contributed by atoms with Gasteiger partial charge in [-0.05, 0) is 29.7 Å². The van der Waals surface area contributed by atoms with Gasteiger partial charge in [0.05, 0.1) is 20.4 Å². The van der Waals surface area contributed by atoms with Gasteiger partial charge in [-0.2, -0.15) is 5.10 Å². The van der Waals surface area contributed by atoms with E-state index in [0.717, 1.165) is 12.0 Å². The minimum Gasteiger partial charge on any atom is -0.497 e. The zero-order valence-electron chi connectivity index (χ0n) is 13.5.